The van der Waals surface area contributed by atoms with E-state index in [0.29, 0.717) is 18.4 Å². The molecule has 114 valence electrons. The maximum atomic E-state index is 12.2. The van der Waals surface area contributed by atoms with Gasteiger partial charge in [0.2, 0.25) is 0 Å². The summed E-state index contributed by atoms with van der Waals surface area (Å²) in [7, 11) is 0. The van der Waals surface area contributed by atoms with Crippen LogP contribution in [0.3, 0.4) is 0 Å². The summed E-state index contributed by atoms with van der Waals surface area (Å²) in [6, 6.07) is 19.3. The number of carbonyl (C=O) groups is 1. The van der Waals surface area contributed by atoms with Gasteiger partial charge in [-0.15, -0.1) is 0 Å². The van der Waals surface area contributed by atoms with E-state index in [1.165, 1.54) is 4.46 Å². The van der Waals surface area contributed by atoms with Gasteiger partial charge in [0, 0.05) is 0 Å². The van der Waals surface area contributed by atoms with E-state index in [-0.39, 0.29) is 38.0 Å². The van der Waals surface area contributed by atoms with Gasteiger partial charge in [-0.2, -0.15) is 0 Å². The van der Waals surface area contributed by atoms with Crippen molar-refractivity contribution in [3.63, 3.8) is 0 Å². The molecule has 3 atom stereocenters. The van der Waals surface area contributed by atoms with Crippen LogP contribution in [0, 0.1) is 0 Å². The van der Waals surface area contributed by atoms with Gasteiger partial charge in [-0.1, -0.05) is 0 Å². The Morgan fingerprint density at radius 2 is 1.64 bits per heavy atom. The molecule has 4 heteroatoms. The molecule has 2 aromatic rings. The summed E-state index contributed by atoms with van der Waals surface area (Å²) < 4.78 is 6.94. The van der Waals surface area contributed by atoms with Gasteiger partial charge in [0.15, 0.2) is 0 Å². The standard InChI is InChI=1S/C18H18O3Se/c19-14-11-16(21-18(20)13-7-3-1-4-8-13)17(12-14)22-15-9-5-2-6-10-15/h1-10,14,16-17,19H,11-12H2. The zero-order valence-corrected chi connectivity index (χ0v) is 13.8. The fraction of sp³-hybridized carbons (Fsp3) is 0.278. The molecule has 0 radical (unpaired) electrons. The third-order valence-electron chi connectivity index (χ3n) is 3.72. The fourth-order valence-corrected chi connectivity index (χ4v) is 5.37. The van der Waals surface area contributed by atoms with Crippen LogP contribution in [-0.4, -0.2) is 38.2 Å². The van der Waals surface area contributed by atoms with Gasteiger partial charge in [-0.25, -0.2) is 0 Å². The Bertz CT molecular complexity index is 615. The topological polar surface area (TPSA) is 46.5 Å². The summed E-state index contributed by atoms with van der Waals surface area (Å²) in [5, 5.41) is 9.95. The molecule has 1 N–H and O–H groups in total. The van der Waals surface area contributed by atoms with Crippen molar-refractivity contribution in [2.75, 3.05) is 0 Å². The van der Waals surface area contributed by atoms with Crippen LogP contribution in [0.25, 0.3) is 0 Å². The average Bonchev–Trinajstić information content (AvgIpc) is 2.88. The van der Waals surface area contributed by atoms with Gasteiger partial charge in [0.05, 0.1) is 0 Å². The van der Waals surface area contributed by atoms with Crippen molar-refractivity contribution in [1.82, 2.24) is 0 Å². The van der Waals surface area contributed by atoms with Crippen molar-refractivity contribution in [3.8, 4) is 0 Å². The number of hydrogen-bond donors (Lipinski definition) is 1. The Labute approximate surface area is 136 Å². The van der Waals surface area contributed by atoms with Crippen molar-refractivity contribution in [3.05, 3.63) is 66.2 Å². The molecular weight excluding hydrogens is 343 g/mol. The van der Waals surface area contributed by atoms with Gasteiger partial charge in [-0.05, 0) is 0 Å². The average molecular weight is 361 g/mol. The Hall–Kier alpha value is -1.61. The predicted octanol–water partition coefficient (Wildman–Crippen LogP) is 2.18. The molecule has 0 spiro atoms. The molecule has 0 heterocycles. The first-order valence-corrected chi connectivity index (χ1v) is 9.23. The first-order valence-electron chi connectivity index (χ1n) is 7.38. The molecule has 0 aromatic heterocycles. The van der Waals surface area contributed by atoms with Gasteiger partial charge in [0.1, 0.15) is 0 Å². The minimum absolute atomic E-state index is 0.192. The van der Waals surface area contributed by atoms with E-state index in [1.807, 2.05) is 36.4 Å². The number of carbonyl (C=O) groups excluding carboxylic acids is 1. The molecular formula is C18H18O3Se. The van der Waals surface area contributed by atoms with Crippen LogP contribution in [0.15, 0.2) is 60.7 Å². The molecule has 1 aliphatic carbocycles. The summed E-state index contributed by atoms with van der Waals surface area (Å²) in [5.74, 6) is -0.298. The van der Waals surface area contributed by atoms with E-state index in [9.17, 15) is 9.90 Å². The number of aliphatic hydroxyl groups excluding tert-OH is 1. The van der Waals surface area contributed by atoms with Crippen molar-refractivity contribution in [2.45, 2.75) is 29.9 Å². The molecule has 0 bridgehead atoms. The number of aliphatic hydroxyl groups is 1. The summed E-state index contributed by atoms with van der Waals surface area (Å²) in [5.41, 5.74) is 0.565. The molecule has 0 amide bonds. The van der Waals surface area contributed by atoms with Crippen LogP contribution in [0.4, 0.5) is 0 Å². The summed E-state index contributed by atoms with van der Waals surface area (Å²) in [4.78, 5) is 12.4. The molecule has 3 unspecified atom stereocenters. The molecule has 1 fully saturated rings. The Morgan fingerprint density at radius 3 is 2.32 bits per heavy atom. The minimum atomic E-state index is -0.371. The van der Waals surface area contributed by atoms with Crippen LogP contribution in [0.5, 0.6) is 0 Å². The van der Waals surface area contributed by atoms with E-state index in [0.717, 1.165) is 0 Å². The number of benzene rings is 2. The summed E-state index contributed by atoms with van der Waals surface area (Å²) in [6.07, 6.45) is 0.687. The third kappa shape index (κ3) is 3.77. The van der Waals surface area contributed by atoms with Crippen LogP contribution < -0.4 is 4.46 Å². The van der Waals surface area contributed by atoms with E-state index in [4.69, 9.17) is 4.74 Å². The van der Waals surface area contributed by atoms with E-state index in [2.05, 4.69) is 12.1 Å². The Balaban J connectivity index is 1.67. The quantitative estimate of drug-likeness (QED) is 0.671. The second-order valence-electron chi connectivity index (χ2n) is 5.40. The molecule has 22 heavy (non-hydrogen) atoms. The van der Waals surface area contributed by atoms with E-state index in [1.54, 1.807) is 12.1 Å². The van der Waals surface area contributed by atoms with E-state index >= 15 is 0 Å². The second-order valence-corrected chi connectivity index (χ2v) is 8.16. The number of hydrogen-bond acceptors (Lipinski definition) is 3. The molecule has 1 aliphatic rings. The van der Waals surface area contributed by atoms with Crippen molar-refractivity contribution >= 4 is 25.4 Å². The number of rotatable bonds is 4. The third-order valence-corrected chi connectivity index (χ3v) is 6.54. The molecule has 0 saturated heterocycles. The summed E-state index contributed by atoms with van der Waals surface area (Å²) >= 11 is 0.195. The first-order chi connectivity index (χ1) is 10.7. The Kier molecular flexibility index (Phi) is 4.93. The number of ether oxygens (including phenoxy) is 1. The fourth-order valence-electron chi connectivity index (χ4n) is 2.64. The SMILES string of the molecule is O=C(OC1CC(O)CC1[Se]c1ccccc1)c1ccccc1. The van der Waals surface area contributed by atoms with Crippen molar-refractivity contribution in [2.24, 2.45) is 0 Å². The second kappa shape index (κ2) is 7.10. The maximum absolute atomic E-state index is 12.2. The van der Waals surface area contributed by atoms with Gasteiger partial charge < -0.3 is 0 Å². The first kappa shape index (κ1) is 15.3. The van der Waals surface area contributed by atoms with Crippen molar-refractivity contribution in [1.29, 1.82) is 0 Å². The molecule has 0 aliphatic heterocycles. The van der Waals surface area contributed by atoms with Gasteiger partial charge in [0.25, 0.3) is 0 Å². The van der Waals surface area contributed by atoms with E-state index < -0.39 is 0 Å². The zero-order valence-electron chi connectivity index (χ0n) is 12.1. The van der Waals surface area contributed by atoms with Gasteiger partial charge >= 0.3 is 136 Å². The molecule has 2 aromatic carbocycles. The van der Waals surface area contributed by atoms with Crippen LogP contribution in [-0.2, 0) is 4.74 Å². The normalized spacial score (nSPS) is 24.1. The van der Waals surface area contributed by atoms with Crippen LogP contribution in [0.1, 0.15) is 23.2 Å². The summed E-state index contributed by atoms with van der Waals surface area (Å²) in [6.45, 7) is 0. The number of esters is 1. The van der Waals surface area contributed by atoms with Crippen LogP contribution >= 0.6 is 0 Å². The van der Waals surface area contributed by atoms with Crippen molar-refractivity contribution < 1.29 is 14.6 Å². The van der Waals surface area contributed by atoms with Gasteiger partial charge in [-0.3, -0.25) is 0 Å². The predicted molar refractivity (Wildman–Crippen MR) is 86.5 cm³/mol. The zero-order chi connectivity index (χ0) is 15.4. The molecule has 3 nitrogen and oxygen atoms in total. The Morgan fingerprint density at radius 1 is 1.00 bits per heavy atom. The molecule has 3 rings (SSSR count). The molecule has 1 saturated carbocycles. The monoisotopic (exact) mass is 362 g/mol. The van der Waals surface area contributed by atoms with Crippen LogP contribution in [0.2, 0.25) is 4.82 Å².